The molecule has 8 aromatic rings. The third-order valence-electron chi connectivity index (χ3n) is 9.56. The smallest absolute Gasteiger partial charge is 0.0462 e. The molecule has 0 N–H and O–H groups in total. The number of anilines is 3. The van der Waals surface area contributed by atoms with E-state index in [-0.39, 0.29) is 0 Å². The van der Waals surface area contributed by atoms with Crippen LogP contribution in [-0.2, 0) is 0 Å². The maximum Gasteiger partial charge on any atom is 0.0462 e. The Hall–Kier alpha value is -6.44. The summed E-state index contributed by atoms with van der Waals surface area (Å²) in [6.07, 6.45) is 0. The summed E-state index contributed by atoms with van der Waals surface area (Å²) in [7, 11) is 0. The lowest BCUT2D eigenvalue weighted by Gasteiger charge is -2.26. The second-order valence-electron chi connectivity index (χ2n) is 13.2. The molecule has 0 aliphatic heterocycles. The van der Waals surface area contributed by atoms with E-state index in [0.29, 0.717) is 0 Å². The van der Waals surface area contributed by atoms with Crippen molar-refractivity contribution in [2.24, 2.45) is 0 Å². The summed E-state index contributed by atoms with van der Waals surface area (Å²) in [5.74, 6) is 0. The number of aryl methyl sites for hydroxylation is 3. The minimum atomic E-state index is 1.13. The van der Waals surface area contributed by atoms with Gasteiger partial charge in [0.25, 0.3) is 0 Å². The Bertz CT molecular complexity index is 2190. The van der Waals surface area contributed by atoms with Crippen LogP contribution in [-0.4, -0.2) is 0 Å². The third kappa shape index (κ3) is 7.96. The lowest BCUT2D eigenvalue weighted by atomic mass is 9.97. The summed E-state index contributed by atoms with van der Waals surface area (Å²) < 4.78 is 0. The molecule has 0 unspecified atom stereocenters. The van der Waals surface area contributed by atoms with Crippen LogP contribution >= 0.6 is 0 Å². The fourth-order valence-electron chi connectivity index (χ4n) is 6.61. The summed E-state index contributed by atoms with van der Waals surface area (Å²) in [4.78, 5) is 2.32. The number of nitrogens with zero attached hydrogens (tertiary/aromatic N) is 1. The van der Waals surface area contributed by atoms with Crippen molar-refractivity contribution in [2.45, 2.75) is 20.8 Å². The molecule has 8 rings (SSSR count). The molecular weight excluding hydrogens is 627 g/mol. The van der Waals surface area contributed by atoms with E-state index in [1.807, 2.05) is 0 Å². The summed E-state index contributed by atoms with van der Waals surface area (Å²) in [5.41, 5.74) is 17.3. The second-order valence-corrected chi connectivity index (χ2v) is 13.2. The van der Waals surface area contributed by atoms with Crippen molar-refractivity contribution >= 4 is 17.1 Å². The van der Waals surface area contributed by atoms with E-state index in [0.717, 1.165) is 17.1 Å². The average Bonchev–Trinajstić information content (AvgIpc) is 3.21. The highest BCUT2D eigenvalue weighted by molar-refractivity contribution is 5.81. The van der Waals surface area contributed by atoms with Gasteiger partial charge in [-0.1, -0.05) is 175 Å². The van der Waals surface area contributed by atoms with Gasteiger partial charge in [0.1, 0.15) is 0 Å². The standard InChI is InChI=1S/C37H29N.C14H14/c1-28-12-14-31(15-13-28)34-20-26-37(27-21-34)38(35-22-16-32(17-23-35)29-8-4-2-5-9-29)36-24-18-33(19-25-36)30-10-6-3-7-11-30;1-11-7-3-5-9-13(11)14-10-6-4-8-12(14)2/h2-27H,1H3;3-10H,1-2H3. The van der Waals surface area contributed by atoms with Gasteiger partial charge in [-0.3, -0.25) is 0 Å². The fourth-order valence-corrected chi connectivity index (χ4v) is 6.61. The third-order valence-corrected chi connectivity index (χ3v) is 9.56. The Labute approximate surface area is 309 Å². The zero-order valence-electron chi connectivity index (χ0n) is 30.1. The Morgan fingerprint density at radius 1 is 0.250 bits per heavy atom. The molecule has 0 bridgehead atoms. The molecule has 0 aliphatic rings. The van der Waals surface area contributed by atoms with Crippen LogP contribution < -0.4 is 4.90 Å². The van der Waals surface area contributed by atoms with Crippen molar-refractivity contribution in [3.63, 3.8) is 0 Å². The first-order valence-corrected chi connectivity index (χ1v) is 17.9. The number of hydrogen-bond acceptors (Lipinski definition) is 1. The van der Waals surface area contributed by atoms with Crippen LogP contribution in [0.15, 0.2) is 206 Å². The second kappa shape index (κ2) is 16.1. The number of hydrogen-bond donors (Lipinski definition) is 0. The van der Waals surface area contributed by atoms with Crippen molar-refractivity contribution in [3.8, 4) is 44.5 Å². The molecule has 0 fully saturated rings. The van der Waals surface area contributed by atoms with E-state index in [1.165, 1.54) is 61.2 Å². The highest BCUT2D eigenvalue weighted by Gasteiger charge is 2.14. The van der Waals surface area contributed by atoms with E-state index in [9.17, 15) is 0 Å². The molecule has 0 aliphatic carbocycles. The van der Waals surface area contributed by atoms with Gasteiger partial charge < -0.3 is 4.90 Å². The monoisotopic (exact) mass is 669 g/mol. The summed E-state index contributed by atoms with van der Waals surface area (Å²) >= 11 is 0. The van der Waals surface area contributed by atoms with Crippen LogP contribution in [0.2, 0.25) is 0 Å². The van der Waals surface area contributed by atoms with Gasteiger partial charge in [-0.15, -0.1) is 0 Å². The molecule has 1 nitrogen and oxygen atoms in total. The maximum absolute atomic E-state index is 2.32. The fraction of sp³-hybridized carbons (Fsp3) is 0.0588. The van der Waals surface area contributed by atoms with E-state index >= 15 is 0 Å². The lowest BCUT2D eigenvalue weighted by molar-refractivity contribution is 1.28. The van der Waals surface area contributed by atoms with Crippen molar-refractivity contribution in [3.05, 3.63) is 223 Å². The van der Waals surface area contributed by atoms with E-state index in [2.05, 4.69) is 232 Å². The van der Waals surface area contributed by atoms with Gasteiger partial charge in [-0.05, 0) is 113 Å². The molecular formula is C51H43N. The van der Waals surface area contributed by atoms with E-state index in [1.54, 1.807) is 0 Å². The first kappa shape index (κ1) is 34.0. The molecule has 252 valence electrons. The van der Waals surface area contributed by atoms with Crippen LogP contribution in [0.3, 0.4) is 0 Å². The Balaban J connectivity index is 0.000000251. The van der Waals surface area contributed by atoms with Gasteiger partial charge in [0.15, 0.2) is 0 Å². The van der Waals surface area contributed by atoms with Crippen molar-refractivity contribution < 1.29 is 0 Å². The van der Waals surface area contributed by atoms with Gasteiger partial charge >= 0.3 is 0 Å². The molecule has 0 atom stereocenters. The van der Waals surface area contributed by atoms with Crippen molar-refractivity contribution in [1.29, 1.82) is 0 Å². The van der Waals surface area contributed by atoms with Gasteiger partial charge in [0.2, 0.25) is 0 Å². The van der Waals surface area contributed by atoms with E-state index < -0.39 is 0 Å². The summed E-state index contributed by atoms with van der Waals surface area (Å²) in [5, 5.41) is 0. The number of rotatable bonds is 7. The minimum Gasteiger partial charge on any atom is -0.311 e. The Morgan fingerprint density at radius 2 is 0.519 bits per heavy atom. The van der Waals surface area contributed by atoms with Crippen molar-refractivity contribution in [2.75, 3.05) is 4.90 Å². The van der Waals surface area contributed by atoms with E-state index in [4.69, 9.17) is 0 Å². The zero-order chi connectivity index (χ0) is 35.7. The normalized spacial score (nSPS) is 10.6. The molecule has 0 saturated carbocycles. The van der Waals surface area contributed by atoms with Gasteiger partial charge in [-0.2, -0.15) is 0 Å². The largest absolute Gasteiger partial charge is 0.311 e. The molecule has 1 heteroatoms. The average molecular weight is 670 g/mol. The highest BCUT2D eigenvalue weighted by Crippen LogP contribution is 2.37. The Morgan fingerprint density at radius 3 is 0.846 bits per heavy atom. The number of benzene rings is 8. The van der Waals surface area contributed by atoms with Gasteiger partial charge in [0.05, 0.1) is 0 Å². The van der Waals surface area contributed by atoms with Crippen LogP contribution in [0.1, 0.15) is 16.7 Å². The minimum absolute atomic E-state index is 1.13. The molecule has 0 heterocycles. The topological polar surface area (TPSA) is 3.24 Å². The summed E-state index contributed by atoms with van der Waals surface area (Å²) in [6.45, 7) is 6.43. The highest BCUT2D eigenvalue weighted by atomic mass is 15.1. The Kier molecular flexibility index (Phi) is 10.5. The SMILES string of the molecule is Cc1ccc(-c2ccc(N(c3ccc(-c4ccccc4)cc3)c3ccc(-c4ccccc4)cc3)cc2)cc1.Cc1ccccc1-c1ccccc1C. The van der Waals surface area contributed by atoms with Crippen LogP contribution in [0.4, 0.5) is 17.1 Å². The molecule has 0 aromatic heterocycles. The molecule has 0 amide bonds. The zero-order valence-corrected chi connectivity index (χ0v) is 30.1. The quantitative estimate of drug-likeness (QED) is 0.163. The first-order valence-electron chi connectivity index (χ1n) is 17.9. The molecule has 0 spiro atoms. The van der Waals surface area contributed by atoms with Crippen LogP contribution in [0, 0.1) is 20.8 Å². The van der Waals surface area contributed by atoms with Crippen LogP contribution in [0.5, 0.6) is 0 Å². The molecule has 52 heavy (non-hydrogen) atoms. The maximum atomic E-state index is 2.32. The lowest BCUT2D eigenvalue weighted by Crippen LogP contribution is -2.09. The molecule has 0 radical (unpaired) electrons. The molecule has 8 aromatic carbocycles. The first-order chi connectivity index (χ1) is 25.5. The predicted molar refractivity (Wildman–Crippen MR) is 224 cm³/mol. The predicted octanol–water partition coefficient (Wildman–Crippen LogP) is 14.4. The summed E-state index contributed by atoms with van der Waals surface area (Å²) in [6, 6.07) is 73.3. The van der Waals surface area contributed by atoms with Gasteiger partial charge in [0, 0.05) is 17.1 Å². The van der Waals surface area contributed by atoms with Crippen LogP contribution in [0.25, 0.3) is 44.5 Å². The van der Waals surface area contributed by atoms with Crippen molar-refractivity contribution in [1.82, 2.24) is 0 Å². The molecule has 0 saturated heterocycles. The van der Waals surface area contributed by atoms with Gasteiger partial charge in [-0.25, -0.2) is 0 Å².